The van der Waals surface area contributed by atoms with Gasteiger partial charge in [-0.05, 0) is 69.7 Å². The number of aliphatic imine (C=N–C) groups is 1. The number of hydrogen-bond donors (Lipinski definition) is 0. The van der Waals surface area contributed by atoms with Gasteiger partial charge in [0.15, 0.2) is 0 Å². The van der Waals surface area contributed by atoms with Crippen molar-refractivity contribution in [1.29, 1.82) is 0 Å². The van der Waals surface area contributed by atoms with E-state index in [9.17, 15) is 0 Å². The molecule has 0 bridgehead atoms. The standard InChI is InChI=1S/C28H31NO/c1-19-10-20(2)13-23(12-19)16-26(17-24-14-21(3)11-22(4)15-24)27-18-30-28(29-27)25-8-6-5-7-9-25/h5-15,26-27H,16-18H2,1-4H3/t27-/m0/s1. The van der Waals surface area contributed by atoms with Crippen LogP contribution in [0.1, 0.15) is 38.9 Å². The van der Waals surface area contributed by atoms with Crippen LogP contribution in [0, 0.1) is 33.6 Å². The molecule has 0 saturated heterocycles. The van der Waals surface area contributed by atoms with Gasteiger partial charge in [0.2, 0.25) is 5.90 Å². The van der Waals surface area contributed by atoms with Crippen LogP contribution in [0.25, 0.3) is 0 Å². The van der Waals surface area contributed by atoms with Crippen molar-refractivity contribution in [3.63, 3.8) is 0 Å². The molecule has 1 aliphatic rings. The predicted molar refractivity (Wildman–Crippen MR) is 125 cm³/mol. The second-order valence-corrected chi connectivity index (χ2v) is 8.84. The molecule has 154 valence electrons. The number of rotatable bonds is 6. The molecule has 0 saturated carbocycles. The summed E-state index contributed by atoms with van der Waals surface area (Å²) in [5.74, 6) is 1.18. The molecule has 0 radical (unpaired) electrons. The zero-order valence-electron chi connectivity index (χ0n) is 18.5. The molecule has 30 heavy (non-hydrogen) atoms. The van der Waals surface area contributed by atoms with Gasteiger partial charge in [-0.2, -0.15) is 0 Å². The normalized spacial score (nSPS) is 15.9. The predicted octanol–water partition coefficient (Wildman–Crippen LogP) is 6.17. The lowest BCUT2D eigenvalue weighted by molar-refractivity contribution is 0.275. The Morgan fingerprint density at radius 3 is 1.77 bits per heavy atom. The molecule has 0 fully saturated rings. The van der Waals surface area contributed by atoms with Crippen molar-refractivity contribution in [2.45, 2.75) is 46.6 Å². The Kier molecular flexibility index (Phi) is 6.03. The molecule has 0 unspecified atom stereocenters. The molecule has 0 N–H and O–H groups in total. The van der Waals surface area contributed by atoms with Gasteiger partial charge in [0.25, 0.3) is 0 Å². The van der Waals surface area contributed by atoms with E-state index in [0.29, 0.717) is 12.5 Å². The first kappa shape index (κ1) is 20.4. The summed E-state index contributed by atoms with van der Waals surface area (Å²) in [7, 11) is 0. The number of nitrogens with zero attached hydrogens (tertiary/aromatic N) is 1. The van der Waals surface area contributed by atoms with Crippen molar-refractivity contribution in [2.75, 3.05) is 6.61 Å². The highest BCUT2D eigenvalue weighted by molar-refractivity contribution is 5.95. The molecule has 0 aliphatic carbocycles. The van der Waals surface area contributed by atoms with Crippen molar-refractivity contribution >= 4 is 5.90 Å². The van der Waals surface area contributed by atoms with E-state index in [1.54, 1.807) is 0 Å². The number of benzene rings is 3. The van der Waals surface area contributed by atoms with E-state index in [-0.39, 0.29) is 6.04 Å². The highest BCUT2D eigenvalue weighted by atomic mass is 16.5. The maximum absolute atomic E-state index is 6.05. The van der Waals surface area contributed by atoms with Crippen LogP contribution < -0.4 is 0 Å². The van der Waals surface area contributed by atoms with Gasteiger partial charge in [-0.25, -0.2) is 4.99 Å². The van der Waals surface area contributed by atoms with Gasteiger partial charge in [-0.1, -0.05) is 76.9 Å². The van der Waals surface area contributed by atoms with Gasteiger partial charge in [0.05, 0.1) is 6.04 Å². The highest BCUT2D eigenvalue weighted by Crippen LogP contribution is 2.26. The van der Waals surface area contributed by atoms with Crippen molar-refractivity contribution in [3.8, 4) is 0 Å². The van der Waals surface area contributed by atoms with Crippen molar-refractivity contribution in [2.24, 2.45) is 10.9 Å². The molecule has 2 heteroatoms. The topological polar surface area (TPSA) is 21.6 Å². The zero-order valence-corrected chi connectivity index (χ0v) is 18.5. The van der Waals surface area contributed by atoms with E-state index in [4.69, 9.17) is 9.73 Å². The van der Waals surface area contributed by atoms with Crippen LogP contribution in [0.3, 0.4) is 0 Å². The Morgan fingerprint density at radius 1 is 0.767 bits per heavy atom. The summed E-state index contributed by atoms with van der Waals surface area (Å²) in [6.07, 6.45) is 2.02. The van der Waals surface area contributed by atoms with E-state index >= 15 is 0 Å². The molecule has 1 aliphatic heterocycles. The van der Waals surface area contributed by atoms with Crippen molar-refractivity contribution < 1.29 is 4.74 Å². The Labute approximate surface area is 180 Å². The molecule has 2 nitrogen and oxygen atoms in total. The van der Waals surface area contributed by atoms with Crippen LogP contribution in [0.2, 0.25) is 0 Å². The zero-order chi connectivity index (χ0) is 21.1. The lowest BCUT2D eigenvalue weighted by Crippen LogP contribution is -2.25. The Balaban J connectivity index is 1.63. The number of hydrogen-bond acceptors (Lipinski definition) is 2. The summed E-state index contributed by atoms with van der Waals surface area (Å²) in [6.45, 7) is 9.38. The SMILES string of the molecule is Cc1cc(C)cc(CC(Cc2cc(C)cc(C)c2)[C@@H]2COC(c3ccccc3)=N2)c1. The van der Waals surface area contributed by atoms with Gasteiger partial charge in [0, 0.05) is 5.56 Å². The van der Waals surface area contributed by atoms with E-state index in [2.05, 4.69) is 76.2 Å². The van der Waals surface area contributed by atoms with Gasteiger partial charge < -0.3 is 4.74 Å². The Bertz CT molecular complexity index is 957. The minimum atomic E-state index is 0.168. The maximum Gasteiger partial charge on any atom is 0.216 e. The van der Waals surface area contributed by atoms with Gasteiger partial charge in [0.1, 0.15) is 6.61 Å². The first-order chi connectivity index (χ1) is 14.5. The third-order valence-electron chi connectivity index (χ3n) is 5.80. The summed E-state index contributed by atoms with van der Waals surface area (Å²) in [4.78, 5) is 5.04. The largest absolute Gasteiger partial charge is 0.475 e. The number of aryl methyl sites for hydroxylation is 4. The summed E-state index contributed by atoms with van der Waals surface area (Å²) >= 11 is 0. The molecular formula is C28H31NO. The number of ether oxygens (including phenoxy) is 1. The van der Waals surface area contributed by atoms with Crippen LogP contribution in [-0.4, -0.2) is 18.5 Å². The molecule has 3 aromatic carbocycles. The fraction of sp³-hybridized carbons (Fsp3) is 0.321. The molecule has 0 spiro atoms. The van der Waals surface area contributed by atoms with E-state index in [0.717, 1.165) is 24.3 Å². The second kappa shape index (κ2) is 8.87. The lowest BCUT2D eigenvalue weighted by atomic mass is 9.86. The first-order valence-corrected chi connectivity index (χ1v) is 10.9. The summed E-state index contributed by atoms with van der Waals surface area (Å²) in [5.41, 5.74) is 9.15. The average molecular weight is 398 g/mol. The van der Waals surface area contributed by atoms with E-state index in [1.807, 2.05) is 18.2 Å². The second-order valence-electron chi connectivity index (χ2n) is 8.84. The fourth-order valence-electron chi connectivity index (χ4n) is 4.69. The van der Waals surface area contributed by atoms with Crippen LogP contribution in [0.15, 0.2) is 71.7 Å². The molecule has 1 atom stereocenters. The average Bonchev–Trinajstić information content (AvgIpc) is 3.17. The maximum atomic E-state index is 6.05. The third-order valence-corrected chi connectivity index (χ3v) is 5.80. The molecule has 1 heterocycles. The minimum absolute atomic E-state index is 0.168. The minimum Gasteiger partial charge on any atom is -0.475 e. The molecule has 3 aromatic rings. The Morgan fingerprint density at radius 2 is 1.27 bits per heavy atom. The molecule has 0 amide bonds. The molecule has 0 aromatic heterocycles. The van der Waals surface area contributed by atoms with E-state index < -0.39 is 0 Å². The van der Waals surface area contributed by atoms with Gasteiger partial charge in [-0.3, -0.25) is 0 Å². The summed E-state index contributed by atoms with van der Waals surface area (Å²) in [5, 5.41) is 0. The van der Waals surface area contributed by atoms with Crippen molar-refractivity contribution in [1.82, 2.24) is 0 Å². The quantitative estimate of drug-likeness (QED) is 0.487. The molecular weight excluding hydrogens is 366 g/mol. The monoisotopic (exact) mass is 397 g/mol. The molecule has 4 rings (SSSR count). The van der Waals surface area contributed by atoms with Gasteiger partial charge in [-0.15, -0.1) is 0 Å². The summed E-state index contributed by atoms with van der Waals surface area (Å²) < 4.78 is 6.05. The third kappa shape index (κ3) is 4.99. The van der Waals surface area contributed by atoms with E-state index in [1.165, 1.54) is 33.4 Å². The van der Waals surface area contributed by atoms with Gasteiger partial charge >= 0.3 is 0 Å². The van der Waals surface area contributed by atoms with Crippen molar-refractivity contribution in [3.05, 3.63) is 106 Å². The van der Waals surface area contributed by atoms with Crippen LogP contribution in [0.4, 0.5) is 0 Å². The smallest absolute Gasteiger partial charge is 0.216 e. The summed E-state index contributed by atoms with van der Waals surface area (Å²) in [6, 6.07) is 24.2. The highest BCUT2D eigenvalue weighted by Gasteiger charge is 2.29. The lowest BCUT2D eigenvalue weighted by Gasteiger charge is -2.22. The van der Waals surface area contributed by atoms with Crippen LogP contribution in [0.5, 0.6) is 0 Å². The fourth-order valence-corrected chi connectivity index (χ4v) is 4.69. The Hall–Kier alpha value is -2.87. The van der Waals surface area contributed by atoms with Crippen LogP contribution in [-0.2, 0) is 17.6 Å². The first-order valence-electron chi connectivity index (χ1n) is 10.9. The van der Waals surface area contributed by atoms with Crippen LogP contribution >= 0.6 is 0 Å².